The smallest absolute Gasteiger partial charge is 0.293 e. The maximum atomic E-state index is 11.4. The summed E-state index contributed by atoms with van der Waals surface area (Å²) in [7, 11) is -3.99. The van der Waals surface area contributed by atoms with Crippen molar-refractivity contribution in [2.75, 3.05) is 5.32 Å². The zero-order chi connectivity index (χ0) is 18.6. The number of hydrogen-bond donors (Lipinski definition) is 2. The summed E-state index contributed by atoms with van der Waals surface area (Å²) in [6.45, 7) is 3.99. The van der Waals surface area contributed by atoms with E-state index in [0.717, 1.165) is 18.1 Å². The highest BCUT2D eigenvalue weighted by atomic mass is 32.2. The van der Waals surface area contributed by atoms with E-state index in [1.165, 1.54) is 17.7 Å². The fourth-order valence-corrected chi connectivity index (χ4v) is 3.02. The van der Waals surface area contributed by atoms with Crippen molar-refractivity contribution in [1.29, 1.82) is 0 Å². The highest BCUT2D eigenvalue weighted by Gasteiger charge is 2.20. The van der Waals surface area contributed by atoms with Crippen LogP contribution in [0.4, 0.5) is 11.4 Å². The van der Waals surface area contributed by atoms with Crippen molar-refractivity contribution in [3.05, 3.63) is 63.7 Å². The van der Waals surface area contributed by atoms with E-state index in [4.69, 9.17) is 5.14 Å². The van der Waals surface area contributed by atoms with Gasteiger partial charge in [-0.1, -0.05) is 36.8 Å². The maximum Gasteiger partial charge on any atom is 0.293 e. The first kappa shape index (κ1) is 18.9. The Labute approximate surface area is 147 Å². The van der Waals surface area contributed by atoms with Crippen LogP contribution in [-0.2, 0) is 16.4 Å². The molecule has 0 fully saturated rings. The van der Waals surface area contributed by atoms with Crippen molar-refractivity contribution in [2.45, 2.75) is 37.6 Å². The Kier molecular flexibility index (Phi) is 5.76. The molecule has 3 N–H and O–H groups in total. The van der Waals surface area contributed by atoms with Crippen molar-refractivity contribution >= 4 is 21.4 Å². The highest BCUT2D eigenvalue weighted by molar-refractivity contribution is 7.89. The summed E-state index contributed by atoms with van der Waals surface area (Å²) >= 11 is 0. The van der Waals surface area contributed by atoms with Crippen molar-refractivity contribution in [2.24, 2.45) is 5.14 Å². The quantitative estimate of drug-likeness (QED) is 0.579. The Bertz CT molecular complexity index is 864. The Hall–Kier alpha value is -2.45. The predicted molar refractivity (Wildman–Crippen MR) is 97.1 cm³/mol. The summed E-state index contributed by atoms with van der Waals surface area (Å²) in [4.78, 5) is 10.4. The molecule has 0 aromatic heterocycles. The van der Waals surface area contributed by atoms with Gasteiger partial charge >= 0.3 is 0 Å². The number of rotatable bonds is 7. The molecule has 0 aliphatic rings. The minimum Gasteiger partial charge on any atom is -0.376 e. The second-order valence-electron chi connectivity index (χ2n) is 5.92. The molecule has 0 saturated heterocycles. The van der Waals surface area contributed by atoms with Gasteiger partial charge in [-0.2, -0.15) is 0 Å². The van der Waals surface area contributed by atoms with Gasteiger partial charge in [0.15, 0.2) is 0 Å². The molecule has 1 unspecified atom stereocenters. The molecule has 0 bridgehead atoms. The van der Waals surface area contributed by atoms with E-state index < -0.39 is 14.9 Å². The molecule has 2 aromatic carbocycles. The average molecular weight is 363 g/mol. The molecule has 7 nitrogen and oxygen atoms in total. The summed E-state index contributed by atoms with van der Waals surface area (Å²) < 4.78 is 22.8. The molecule has 0 spiro atoms. The number of aryl methyl sites for hydroxylation is 1. The first-order valence-electron chi connectivity index (χ1n) is 7.84. The van der Waals surface area contributed by atoms with Crippen molar-refractivity contribution in [3.63, 3.8) is 0 Å². The number of primary sulfonamides is 1. The van der Waals surface area contributed by atoms with Gasteiger partial charge in [0.25, 0.3) is 5.69 Å². The van der Waals surface area contributed by atoms with Gasteiger partial charge in [-0.05, 0) is 37.5 Å². The van der Waals surface area contributed by atoms with Crippen LogP contribution in [-0.4, -0.2) is 19.4 Å². The van der Waals surface area contributed by atoms with Crippen LogP contribution in [0, 0.1) is 17.0 Å². The van der Waals surface area contributed by atoms with Crippen LogP contribution in [0.1, 0.15) is 24.5 Å². The molecule has 0 amide bonds. The summed E-state index contributed by atoms with van der Waals surface area (Å²) in [5, 5.41) is 19.5. The molecule has 2 aromatic rings. The molecule has 0 radical (unpaired) electrons. The van der Waals surface area contributed by atoms with Crippen molar-refractivity contribution < 1.29 is 13.3 Å². The van der Waals surface area contributed by atoms with Crippen LogP contribution < -0.4 is 10.5 Å². The largest absolute Gasteiger partial charge is 0.376 e. The van der Waals surface area contributed by atoms with Crippen LogP contribution in [0.2, 0.25) is 0 Å². The number of hydrogen-bond acceptors (Lipinski definition) is 5. The topological polar surface area (TPSA) is 115 Å². The van der Waals surface area contributed by atoms with Gasteiger partial charge in [0, 0.05) is 12.1 Å². The molecule has 0 saturated carbocycles. The summed E-state index contributed by atoms with van der Waals surface area (Å²) in [5.74, 6) is 0. The lowest BCUT2D eigenvalue weighted by Crippen LogP contribution is -2.22. The van der Waals surface area contributed by atoms with Gasteiger partial charge in [0.05, 0.1) is 9.82 Å². The minimum atomic E-state index is -3.99. The third-order valence-corrected chi connectivity index (χ3v) is 4.86. The van der Waals surface area contributed by atoms with Gasteiger partial charge in [0.1, 0.15) is 5.69 Å². The molecule has 2 rings (SSSR count). The lowest BCUT2D eigenvalue weighted by atomic mass is 10.0. The summed E-state index contributed by atoms with van der Waals surface area (Å²) in [5.41, 5.74) is 2.25. The van der Waals surface area contributed by atoms with E-state index in [1.54, 1.807) is 0 Å². The normalized spacial score (nSPS) is 12.6. The predicted octanol–water partition coefficient (Wildman–Crippen LogP) is 2.98. The van der Waals surface area contributed by atoms with Crippen LogP contribution in [0.15, 0.2) is 47.4 Å². The summed E-state index contributed by atoms with van der Waals surface area (Å²) in [6, 6.07) is 11.7. The number of nitro benzene ring substituents is 1. The van der Waals surface area contributed by atoms with Gasteiger partial charge in [-0.15, -0.1) is 0 Å². The van der Waals surface area contributed by atoms with Gasteiger partial charge < -0.3 is 5.32 Å². The molecule has 8 heteroatoms. The Morgan fingerprint density at radius 2 is 1.84 bits per heavy atom. The Morgan fingerprint density at radius 1 is 1.20 bits per heavy atom. The number of nitro groups is 1. The first-order valence-corrected chi connectivity index (χ1v) is 9.38. The van der Waals surface area contributed by atoms with Crippen LogP contribution >= 0.6 is 0 Å². The number of nitrogens with zero attached hydrogens (tertiary/aromatic N) is 1. The zero-order valence-corrected chi connectivity index (χ0v) is 14.9. The van der Waals surface area contributed by atoms with Gasteiger partial charge in [-0.25, -0.2) is 13.6 Å². The number of nitrogens with one attached hydrogen (secondary N) is 1. The highest BCUT2D eigenvalue weighted by Crippen LogP contribution is 2.28. The van der Waals surface area contributed by atoms with Crippen molar-refractivity contribution in [3.8, 4) is 0 Å². The Morgan fingerprint density at radius 3 is 2.36 bits per heavy atom. The minimum absolute atomic E-state index is 0.0262. The fourth-order valence-electron chi connectivity index (χ4n) is 2.49. The maximum absolute atomic E-state index is 11.4. The molecule has 0 aliphatic heterocycles. The molecule has 25 heavy (non-hydrogen) atoms. The summed E-state index contributed by atoms with van der Waals surface area (Å²) in [6.07, 6.45) is 1.45. The fraction of sp³-hybridized carbons (Fsp3) is 0.294. The number of anilines is 1. The lowest BCUT2D eigenvalue weighted by molar-refractivity contribution is -0.384. The molecule has 134 valence electrons. The molecule has 0 heterocycles. The molecular formula is C17H21N3O4S. The number of nitrogens with two attached hydrogens (primary N) is 1. The third kappa shape index (κ3) is 5.01. The number of sulfonamides is 1. The van der Waals surface area contributed by atoms with Crippen LogP contribution in [0.3, 0.4) is 0 Å². The zero-order valence-electron chi connectivity index (χ0n) is 14.1. The van der Waals surface area contributed by atoms with E-state index in [-0.39, 0.29) is 22.3 Å². The lowest BCUT2D eigenvalue weighted by Gasteiger charge is -2.19. The second-order valence-corrected chi connectivity index (χ2v) is 7.48. The van der Waals surface area contributed by atoms with Gasteiger partial charge in [0.2, 0.25) is 10.0 Å². The van der Waals surface area contributed by atoms with Crippen LogP contribution in [0.25, 0.3) is 0 Å². The van der Waals surface area contributed by atoms with E-state index >= 15 is 0 Å². The van der Waals surface area contributed by atoms with E-state index in [2.05, 4.69) is 5.32 Å². The van der Waals surface area contributed by atoms with E-state index in [0.29, 0.717) is 6.42 Å². The van der Waals surface area contributed by atoms with Crippen molar-refractivity contribution in [1.82, 2.24) is 0 Å². The molecule has 1 atom stereocenters. The SMILES string of the molecule is CCC(Cc1ccc(C)cc1)Nc1ccc(S(N)(=O)=O)cc1[N+](=O)[O-]. The Balaban J connectivity index is 2.27. The van der Waals surface area contributed by atoms with Gasteiger partial charge in [-0.3, -0.25) is 10.1 Å². The van der Waals surface area contributed by atoms with E-state index in [9.17, 15) is 18.5 Å². The third-order valence-electron chi connectivity index (χ3n) is 3.95. The molecular weight excluding hydrogens is 342 g/mol. The average Bonchev–Trinajstić information content (AvgIpc) is 2.55. The van der Waals surface area contributed by atoms with E-state index in [1.807, 2.05) is 38.1 Å². The monoisotopic (exact) mass is 363 g/mol. The standard InChI is InChI=1S/C17H21N3O4S/c1-3-14(10-13-6-4-12(2)5-7-13)19-16-9-8-15(25(18,23)24)11-17(16)20(21)22/h4-9,11,14,19H,3,10H2,1-2H3,(H2,18,23,24). The first-order chi connectivity index (χ1) is 11.7. The molecule has 0 aliphatic carbocycles. The van der Waals surface area contributed by atoms with Crippen LogP contribution in [0.5, 0.6) is 0 Å². The second kappa shape index (κ2) is 7.62. The number of benzene rings is 2.